The molecule has 12 nitrogen and oxygen atoms in total. The largest absolute Gasteiger partial charge is 0.463 e. The molecular formula is C23H42N4O8. The average molecular weight is 503 g/mol. The summed E-state index contributed by atoms with van der Waals surface area (Å²) in [6, 6.07) is -0.0410. The van der Waals surface area contributed by atoms with Crippen LogP contribution in [0.2, 0.25) is 0 Å². The van der Waals surface area contributed by atoms with Gasteiger partial charge < -0.3 is 43.7 Å². The number of ether oxygens (including phenoxy) is 6. The number of carbonyl (C=O) groups excluding carboxylic acids is 1. The number of rotatable bonds is 5. The van der Waals surface area contributed by atoms with E-state index in [1.807, 2.05) is 4.90 Å². The smallest absolute Gasteiger partial charge is 0.320 e. The van der Waals surface area contributed by atoms with Gasteiger partial charge in [0.05, 0.1) is 91.3 Å². The molecule has 202 valence electrons. The molecule has 2 saturated heterocycles. The Morgan fingerprint density at radius 3 is 1.97 bits per heavy atom. The second-order valence-electron chi connectivity index (χ2n) is 8.72. The van der Waals surface area contributed by atoms with Crippen LogP contribution in [0, 0.1) is 0 Å². The number of nitrogens with zero attached hydrogens (tertiary/aromatic N) is 3. The Hall–Kier alpha value is -1.54. The molecule has 2 atom stereocenters. The first kappa shape index (κ1) is 28.0. The highest BCUT2D eigenvalue weighted by molar-refractivity contribution is 5.82. The summed E-state index contributed by atoms with van der Waals surface area (Å²) < 4.78 is 33.3. The molecular weight excluding hydrogens is 460 g/mol. The number of aliphatic hydroxyl groups excluding tert-OH is 1. The van der Waals surface area contributed by atoms with Gasteiger partial charge in [0.25, 0.3) is 0 Å². The molecule has 0 aromatic rings. The fourth-order valence-electron chi connectivity index (χ4n) is 3.96. The molecule has 3 aliphatic heterocycles. The third-order valence-electron chi connectivity index (χ3n) is 6.02. The van der Waals surface area contributed by atoms with Gasteiger partial charge in [0.15, 0.2) is 5.96 Å². The Morgan fingerprint density at radius 2 is 1.40 bits per heavy atom. The highest BCUT2D eigenvalue weighted by Gasteiger charge is 2.28. The summed E-state index contributed by atoms with van der Waals surface area (Å²) >= 11 is 0. The summed E-state index contributed by atoms with van der Waals surface area (Å²) in [5, 5.41) is 12.7. The maximum Gasteiger partial charge on any atom is 0.320 e. The van der Waals surface area contributed by atoms with Crippen LogP contribution in [0.15, 0.2) is 4.99 Å². The van der Waals surface area contributed by atoms with Crippen molar-refractivity contribution in [2.75, 3.05) is 112 Å². The van der Waals surface area contributed by atoms with Crippen molar-refractivity contribution in [3.05, 3.63) is 0 Å². The molecule has 3 heterocycles. The normalized spacial score (nSPS) is 27.0. The molecule has 35 heavy (non-hydrogen) atoms. The molecule has 2 fully saturated rings. The molecule has 0 saturated carbocycles. The summed E-state index contributed by atoms with van der Waals surface area (Å²) in [5.74, 6) is 0.520. The van der Waals surface area contributed by atoms with Crippen LogP contribution in [-0.2, 0) is 33.2 Å². The Labute approximate surface area is 207 Å². The lowest BCUT2D eigenvalue weighted by atomic mass is 10.1. The van der Waals surface area contributed by atoms with Crippen LogP contribution < -0.4 is 5.32 Å². The predicted octanol–water partition coefficient (Wildman–Crippen LogP) is -1.29. The monoisotopic (exact) mass is 502 g/mol. The van der Waals surface area contributed by atoms with E-state index in [1.54, 1.807) is 0 Å². The fourth-order valence-corrected chi connectivity index (χ4v) is 3.96. The molecule has 0 unspecified atom stereocenters. The molecule has 0 bridgehead atoms. The van der Waals surface area contributed by atoms with Gasteiger partial charge in [-0.3, -0.25) is 9.69 Å². The fraction of sp³-hybridized carbons (Fsp3) is 0.913. The number of carbonyl (C=O) groups is 1. The van der Waals surface area contributed by atoms with Gasteiger partial charge >= 0.3 is 5.97 Å². The molecule has 0 aromatic heterocycles. The second kappa shape index (κ2) is 17.0. The first-order chi connectivity index (χ1) is 17.2. The predicted molar refractivity (Wildman–Crippen MR) is 128 cm³/mol. The Balaban J connectivity index is 1.38. The number of fused-ring (bicyclic) bond motifs is 1. The van der Waals surface area contributed by atoms with Gasteiger partial charge in [-0.25, -0.2) is 4.99 Å². The van der Waals surface area contributed by atoms with Crippen molar-refractivity contribution >= 4 is 11.9 Å². The van der Waals surface area contributed by atoms with Gasteiger partial charge in [0.2, 0.25) is 0 Å². The minimum Gasteiger partial charge on any atom is -0.463 e. The van der Waals surface area contributed by atoms with Gasteiger partial charge in [-0.15, -0.1) is 0 Å². The van der Waals surface area contributed by atoms with E-state index in [9.17, 15) is 9.90 Å². The van der Waals surface area contributed by atoms with Gasteiger partial charge in [-0.05, 0) is 12.8 Å². The molecule has 12 heteroatoms. The zero-order chi connectivity index (χ0) is 24.6. The van der Waals surface area contributed by atoms with Crippen LogP contribution in [0.4, 0.5) is 0 Å². The Morgan fingerprint density at radius 1 is 0.857 bits per heavy atom. The Bertz CT molecular complexity index is 608. The highest BCUT2D eigenvalue weighted by atomic mass is 16.6. The maximum atomic E-state index is 12.6. The minimum absolute atomic E-state index is 0.0174. The lowest BCUT2D eigenvalue weighted by Crippen LogP contribution is -2.57. The van der Waals surface area contributed by atoms with E-state index in [4.69, 9.17) is 28.4 Å². The van der Waals surface area contributed by atoms with Crippen molar-refractivity contribution in [1.29, 1.82) is 0 Å². The van der Waals surface area contributed by atoms with Gasteiger partial charge in [-0.2, -0.15) is 0 Å². The number of nitrogens with one attached hydrogen (secondary N) is 1. The quantitative estimate of drug-likeness (QED) is 0.437. The number of aliphatic hydroxyl groups is 1. The lowest BCUT2D eigenvalue weighted by Gasteiger charge is -2.39. The molecule has 0 spiro atoms. The van der Waals surface area contributed by atoms with E-state index >= 15 is 0 Å². The van der Waals surface area contributed by atoms with E-state index in [0.29, 0.717) is 79.2 Å². The van der Waals surface area contributed by atoms with E-state index in [2.05, 4.69) is 15.2 Å². The molecule has 0 amide bonds. The summed E-state index contributed by atoms with van der Waals surface area (Å²) in [6.07, 6.45) is 1.73. The SMILES string of the molecule is O=C(CN1CCOCCOCCOCCOCCOCC1)OC[C@@H]1CCN2CC[C@@H](CO)N=C2N1. The van der Waals surface area contributed by atoms with Crippen LogP contribution in [0.5, 0.6) is 0 Å². The first-order valence-electron chi connectivity index (χ1n) is 12.7. The maximum absolute atomic E-state index is 12.6. The van der Waals surface area contributed by atoms with Crippen molar-refractivity contribution in [3.8, 4) is 0 Å². The van der Waals surface area contributed by atoms with Crippen molar-refractivity contribution in [2.24, 2.45) is 4.99 Å². The van der Waals surface area contributed by atoms with Crippen LogP contribution in [0.1, 0.15) is 12.8 Å². The first-order valence-corrected chi connectivity index (χ1v) is 12.7. The summed E-state index contributed by atoms with van der Waals surface area (Å²) in [6.45, 7) is 8.50. The number of aliphatic imine (C=N–C) groups is 1. The molecule has 0 aromatic carbocycles. The standard InChI is InChI=1S/C23H42N4O8/c28-18-20-1-3-27-4-2-21(25-23(27)24-20)19-35-22(29)17-26-5-7-30-9-11-32-13-15-34-16-14-33-12-10-31-8-6-26/h20-21,28H,1-19H2,(H,24,25)/t20-,21-/m0/s1. The summed E-state index contributed by atoms with van der Waals surface area (Å²) in [7, 11) is 0. The van der Waals surface area contributed by atoms with E-state index < -0.39 is 0 Å². The van der Waals surface area contributed by atoms with Crippen molar-refractivity contribution < 1.29 is 38.3 Å². The summed E-state index contributed by atoms with van der Waals surface area (Å²) in [5.41, 5.74) is 0. The third-order valence-corrected chi connectivity index (χ3v) is 6.02. The van der Waals surface area contributed by atoms with E-state index in [-0.39, 0.29) is 37.8 Å². The topological polar surface area (TPSA) is 124 Å². The van der Waals surface area contributed by atoms with E-state index in [1.165, 1.54) is 0 Å². The van der Waals surface area contributed by atoms with Gasteiger partial charge in [0, 0.05) is 26.2 Å². The third kappa shape index (κ3) is 11.4. The molecule has 0 aliphatic carbocycles. The van der Waals surface area contributed by atoms with Crippen molar-refractivity contribution in [3.63, 3.8) is 0 Å². The molecule has 3 rings (SSSR count). The second-order valence-corrected chi connectivity index (χ2v) is 8.72. The van der Waals surface area contributed by atoms with Crippen LogP contribution >= 0.6 is 0 Å². The minimum atomic E-state index is -0.276. The van der Waals surface area contributed by atoms with Crippen LogP contribution in [-0.4, -0.2) is 151 Å². The van der Waals surface area contributed by atoms with Gasteiger partial charge in [-0.1, -0.05) is 0 Å². The van der Waals surface area contributed by atoms with Gasteiger partial charge in [0.1, 0.15) is 6.61 Å². The zero-order valence-electron chi connectivity index (χ0n) is 20.7. The number of guanidine groups is 1. The summed E-state index contributed by atoms with van der Waals surface area (Å²) in [4.78, 5) is 21.3. The molecule has 2 N–H and O–H groups in total. The van der Waals surface area contributed by atoms with Crippen LogP contribution in [0.3, 0.4) is 0 Å². The zero-order valence-corrected chi connectivity index (χ0v) is 20.7. The highest BCUT2D eigenvalue weighted by Crippen LogP contribution is 2.14. The number of esters is 1. The lowest BCUT2D eigenvalue weighted by molar-refractivity contribution is -0.146. The molecule has 3 aliphatic rings. The number of hydrogen-bond donors (Lipinski definition) is 2. The van der Waals surface area contributed by atoms with Crippen LogP contribution in [0.25, 0.3) is 0 Å². The van der Waals surface area contributed by atoms with Crippen molar-refractivity contribution in [2.45, 2.75) is 24.9 Å². The van der Waals surface area contributed by atoms with E-state index in [0.717, 1.165) is 31.9 Å². The average Bonchev–Trinajstić information content (AvgIpc) is 2.88. The molecule has 0 radical (unpaired) electrons. The van der Waals surface area contributed by atoms with Crippen molar-refractivity contribution in [1.82, 2.24) is 15.1 Å². The Kier molecular flexibility index (Phi) is 13.6. The number of hydrogen-bond acceptors (Lipinski definition) is 12.